The number of carbonyl (C=O) groups is 1. The third-order valence-corrected chi connectivity index (χ3v) is 4.58. The summed E-state index contributed by atoms with van der Waals surface area (Å²) in [4.78, 5) is 18.8. The third-order valence-electron chi connectivity index (χ3n) is 4.58. The van der Waals surface area contributed by atoms with E-state index in [-0.39, 0.29) is 11.7 Å². The molecule has 0 atom stereocenters. The van der Waals surface area contributed by atoms with Crippen molar-refractivity contribution in [2.45, 2.75) is 6.54 Å². The van der Waals surface area contributed by atoms with E-state index in [2.05, 4.69) is 4.98 Å². The molecule has 1 aliphatic heterocycles. The summed E-state index contributed by atoms with van der Waals surface area (Å²) < 4.78 is 19.2. The van der Waals surface area contributed by atoms with E-state index >= 15 is 0 Å². The Morgan fingerprint density at radius 3 is 2.73 bits per heavy atom. The third kappa shape index (κ3) is 2.29. The number of nitrogens with zero attached hydrogens (tertiary/aromatic N) is 2. The van der Waals surface area contributed by atoms with E-state index < -0.39 is 0 Å². The number of anilines is 1. The molecule has 1 aliphatic rings. The fraction of sp³-hybridized carbons (Fsp3) is 0.0476. The molecule has 4 nitrogen and oxygen atoms in total. The first-order valence-corrected chi connectivity index (χ1v) is 8.25. The van der Waals surface area contributed by atoms with Crippen molar-refractivity contribution >= 4 is 22.7 Å². The number of hydrogen-bond acceptors (Lipinski definition) is 3. The van der Waals surface area contributed by atoms with Crippen molar-refractivity contribution in [2.75, 3.05) is 4.90 Å². The van der Waals surface area contributed by atoms with Crippen molar-refractivity contribution in [3.8, 4) is 11.5 Å². The molecule has 0 spiro atoms. The van der Waals surface area contributed by atoms with Crippen LogP contribution in [-0.2, 0) is 6.54 Å². The van der Waals surface area contributed by atoms with Crippen molar-refractivity contribution in [3.63, 3.8) is 0 Å². The van der Waals surface area contributed by atoms with Gasteiger partial charge in [0.25, 0.3) is 5.91 Å². The molecule has 0 fully saturated rings. The maximum Gasteiger partial charge on any atom is 0.258 e. The van der Waals surface area contributed by atoms with Crippen LogP contribution in [-0.4, -0.2) is 10.9 Å². The highest BCUT2D eigenvalue weighted by molar-refractivity contribution is 6.10. The standard InChI is InChI=1S/C21H13FN2O2/c22-15-6-3-5-13(10-15)20-23-18-9-8-16(11-19(18)26-20)24-12-14-4-1-2-7-17(14)21(24)25/h1-11H,12H2. The highest BCUT2D eigenvalue weighted by Crippen LogP contribution is 2.32. The Labute approximate surface area is 148 Å². The number of fused-ring (bicyclic) bond motifs is 2. The van der Waals surface area contributed by atoms with Crippen LogP contribution in [0.15, 0.2) is 71.1 Å². The zero-order valence-electron chi connectivity index (χ0n) is 13.6. The van der Waals surface area contributed by atoms with E-state index in [4.69, 9.17) is 4.42 Å². The fourth-order valence-corrected chi connectivity index (χ4v) is 3.29. The van der Waals surface area contributed by atoms with Crippen LogP contribution in [0.1, 0.15) is 15.9 Å². The molecule has 0 saturated heterocycles. The minimum atomic E-state index is -0.342. The zero-order chi connectivity index (χ0) is 17.7. The normalized spacial score (nSPS) is 13.4. The molecule has 4 aromatic rings. The second-order valence-electron chi connectivity index (χ2n) is 6.23. The molecule has 0 N–H and O–H groups in total. The van der Waals surface area contributed by atoms with Gasteiger partial charge in [0.05, 0.1) is 6.54 Å². The molecular formula is C21H13FN2O2. The monoisotopic (exact) mass is 344 g/mol. The van der Waals surface area contributed by atoms with Gasteiger partial charge in [-0.05, 0) is 42.0 Å². The van der Waals surface area contributed by atoms with Crippen LogP contribution in [0.2, 0.25) is 0 Å². The number of aromatic nitrogens is 1. The van der Waals surface area contributed by atoms with E-state index in [0.29, 0.717) is 29.1 Å². The molecule has 1 aromatic heterocycles. The van der Waals surface area contributed by atoms with Gasteiger partial charge in [-0.15, -0.1) is 0 Å². The maximum absolute atomic E-state index is 13.4. The highest BCUT2D eigenvalue weighted by Gasteiger charge is 2.28. The van der Waals surface area contributed by atoms with Gasteiger partial charge >= 0.3 is 0 Å². The molecule has 0 aliphatic carbocycles. The molecule has 0 unspecified atom stereocenters. The predicted octanol–water partition coefficient (Wildman–Crippen LogP) is 4.79. The lowest BCUT2D eigenvalue weighted by atomic mass is 10.1. The Hall–Kier alpha value is -3.47. The lowest BCUT2D eigenvalue weighted by Crippen LogP contribution is -2.22. The van der Waals surface area contributed by atoms with Gasteiger partial charge < -0.3 is 9.32 Å². The first-order chi connectivity index (χ1) is 12.7. The Bertz CT molecular complexity index is 1170. The average Bonchev–Trinajstić information content (AvgIpc) is 3.23. The topological polar surface area (TPSA) is 46.3 Å². The van der Waals surface area contributed by atoms with Gasteiger partial charge in [-0.2, -0.15) is 0 Å². The molecule has 5 rings (SSSR count). The smallest absolute Gasteiger partial charge is 0.258 e. The van der Waals surface area contributed by atoms with Crippen LogP contribution in [0.5, 0.6) is 0 Å². The van der Waals surface area contributed by atoms with Crippen molar-refractivity contribution in [1.82, 2.24) is 4.98 Å². The summed E-state index contributed by atoms with van der Waals surface area (Å²) in [6.45, 7) is 0.533. The molecule has 2 heterocycles. The predicted molar refractivity (Wildman–Crippen MR) is 96.4 cm³/mol. The van der Waals surface area contributed by atoms with Gasteiger partial charge in [0.15, 0.2) is 5.58 Å². The second-order valence-corrected chi connectivity index (χ2v) is 6.23. The Morgan fingerprint density at radius 2 is 1.88 bits per heavy atom. The first kappa shape index (κ1) is 14.8. The van der Waals surface area contributed by atoms with Crippen LogP contribution in [0.25, 0.3) is 22.6 Å². The Balaban J connectivity index is 1.54. The van der Waals surface area contributed by atoms with E-state index in [1.807, 2.05) is 36.4 Å². The first-order valence-electron chi connectivity index (χ1n) is 8.25. The van der Waals surface area contributed by atoms with Crippen LogP contribution in [0, 0.1) is 5.82 Å². The van der Waals surface area contributed by atoms with Crippen molar-refractivity contribution < 1.29 is 13.6 Å². The van der Waals surface area contributed by atoms with E-state index in [0.717, 1.165) is 16.8 Å². The summed E-state index contributed by atoms with van der Waals surface area (Å²) >= 11 is 0. The average molecular weight is 344 g/mol. The van der Waals surface area contributed by atoms with Gasteiger partial charge in [0.2, 0.25) is 5.89 Å². The summed E-state index contributed by atoms with van der Waals surface area (Å²) in [5, 5.41) is 0. The zero-order valence-corrected chi connectivity index (χ0v) is 13.6. The van der Waals surface area contributed by atoms with Crippen molar-refractivity contribution in [2.24, 2.45) is 0 Å². The number of halogens is 1. The van der Waals surface area contributed by atoms with E-state index in [1.165, 1.54) is 12.1 Å². The lowest BCUT2D eigenvalue weighted by molar-refractivity contribution is 0.0996. The number of carbonyl (C=O) groups excluding carboxylic acids is 1. The van der Waals surface area contributed by atoms with E-state index in [1.54, 1.807) is 23.1 Å². The van der Waals surface area contributed by atoms with Gasteiger partial charge in [0, 0.05) is 22.9 Å². The summed E-state index contributed by atoms with van der Waals surface area (Å²) in [5.74, 6) is -0.0108. The summed E-state index contributed by atoms with van der Waals surface area (Å²) in [5.41, 5.74) is 4.29. The van der Waals surface area contributed by atoms with E-state index in [9.17, 15) is 9.18 Å². The minimum absolute atomic E-state index is 0.0233. The Kier molecular flexibility index (Phi) is 3.15. The fourth-order valence-electron chi connectivity index (χ4n) is 3.29. The van der Waals surface area contributed by atoms with Gasteiger partial charge in [0.1, 0.15) is 11.3 Å². The molecule has 0 radical (unpaired) electrons. The molecule has 0 saturated carbocycles. The van der Waals surface area contributed by atoms with Gasteiger partial charge in [-0.3, -0.25) is 4.79 Å². The number of benzene rings is 3. The van der Waals surface area contributed by atoms with Crippen LogP contribution >= 0.6 is 0 Å². The van der Waals surface area contributed by atoms with Crippen molar-refractivity contribution in [1.29, 1.82) is 0 Å². The number of hydrogen-bond donors (Lipinski definition) is 0. The largest absolute Gasteiger partial charge is 0.436 e. The second kappa shape index (κ2) is 5.52. The van der Waals surface area contributed by atoms with Crippen LogP contribution in [0.3, 0.4) is 0 Å². The molecule has 1 amide bonds. The van der Waals surface area contributed by atoms with Crippen molar-refractivity contribution in [3.05, 3.63) is 83.7 Å². The van der Waals surface area contributed by atoms with Crippen LogP contribution < -0.4 is 4.90 Å². The number of rotatable bonds is 2. The molecule has 5 heteroatoms. The summed E-state index contributed by atoms with van der Waals surface area (Å²) in [7, 11) is 0. The SMILES string of the molecule is O=C1c2ccccc2CN1c1ccc2nc(-c3cccc(F)c3)oc2c1. The number of oxazole rings is 1. The van der Waals surface area contributed by atoms with Gasteiger partial charge in [-0.1, -0.05) is 24.3 Å². The van der Waals surface area contributed by atoms with Crippen LogP contribution in [0.4, 0.5) is 10.1 Å². The molecule has 0 bridgehead atoms. The Morgan fingerprint density at radius 1 is 1.00 bits per heavy atom. The molecule has 126 valence electrons. The minimum Gasteiger partial charge on any atom is -0.436 e. The summed E-state index contributed by atoms with van der Waals surface area (Å²) in [6, 6.07) is 19.2. The summed E-state index contributed by atoms with van der Waals surface area (Å²) in [6.07, 6.45) is 0. The molecule has 3 aromatic carbocycles. The molecule has 26 heavy (non-hydrogen) atoms. The molecular weight excluding hydrogens is 331 g/mol. The lowest BCUT2D eigenvalue weighted by Gasteiger charge is -2.15. The highest BCUT2D eigenvalue weighted by atomic mass is 19.1. The quantitative estimate of drug-likeness (QED) is 0.525. The maximum atomic E-state index is 13.4. The van der Waals surface area contributed by atoms with Gasteiger partial charge in [-0.25, -0.2) is 9.37 Å². The number of amides is 1.